The van der Waals surface area contributed by atoms with Gasteiger partial charge in [0.15, 0.2) is 0 Å². The summed E-state index contributed by atoms with van der Waals surface area (Å²) >= 11 is 0. The van der Waals surface area contributed by atoms with Gasteiger partial charge in [-0.3, -0.25) is 19.3 Å². The van der Waals surface area contributed by atoms with Crippen molar-refractivity contribution in [2.24, 2.45) is 17.8 Å². The van der Waals surface area contributed by atoms with Crippen molar-refractivity contribution in [2.75, 3.05) is 25.0 Å². The van der Waals surface area contributed by atoms with Gasteiger partial charge >= 0.3 is 0 Å². The average Bonchev–Trinajstić information content (AvgIpc) is 3.66. The molecule has 2 N–H and O–H groups in total. The molecule has 1 aromatic carbocycles. The molecule has 8 nitrogen and oxygen atoms in total. The van der Waals surface area contributed by atoms with Gasteiger partial charge in [0.25, 0.3) is 0 Å². The summed E-state index contributed by atoms with van der Waals surface area (Å²) in [6.45, 7) is 8.73. The molecule has 0 radical (unpaired) electrons. The van der Waals surface area contributed by atoms with Crippen molar-refractivity contribution in [2.45, 2.75) is 89.1 Å². The van der Waals surface area contributed by atoms with E-state index >= 15 is 0 Å². The average molecular weight is 535 g/mol. The highest BCUT2D eigenvalue weighted by Gasteiger charge is 2.73. The standard InChI is InChI=1S/C31H42N4O4/c1-4-34-16-8-12-22(34)18-35-27(29(37)33-23-13-6-5-10-20(23)3)31-15-14-24(39-31)25(26(31)30(35)38)28(36)32-21-11-7-9-19(2)17-21/h7,9,11,14-15,17,20,22-27H,4-6,8,10,12-13,16,18H2,1-3H3,(H,32,36)(H,33,37)/t20?,22?,23?,24-,25?,26-,27?,31?/m1/s1. The highest BCUT2D eigenvalue weighted by Crippen LogP contribution is 2.55. The molecule has 3 amide bonds. The van der Waals surface area contributed by atoms with Crippen LogP contribution >= 0.6 is 0 Å². The Morgan fingerprint density at radius 2 is 1.95 bits per heavy atom. The number of carbonyl (C=O) groups is 3. The molecule has 4 fully saturated rings. The first kappa shape index (κ1) is 26.5. The quantitative estimate of drug-likeness (QED) is 0.524. The minimum atomic E-state index is -1.12. The molecule has 2 bridgehead atoms. The molecule has 4 aliphatic heterocycles. The number of hydrogen-bond acceptors (Lipinski definition) is 5. The van der Waals surface area contributed by atoms with Crippen molar-refractivity contribution >= 4 is 23.4 Å². The van der Waals surface area contributed by atoms with Crippen molar-refractivity contribution in [1.29, 1.82) is 0 Å². The van der Waals surface area contributed by atoms with E-state index in [1.165, 1.54) is 6.42 Å². The molecule has 1 saturated carbocycles. The minimum Gasteiger partial charge on any atom is -0.359 e. The number of aryl methyl sites for hydroxylation is 1. The Kier molecular flexibility index (Phi) is 7.04. The molecule has 4 heterocycles. The number of fused-ring (bicyclic) bond motifs is 1. The lowest BCUT2D eigenvalue weighted by Gasteiger charge is -2.37. The first-order valence-electron chi connectivity index (χ1n) is 14.9. The maximum Gasteiger partial charge on any atom is 0.246 e. The molecule has 210 valence electrons. The number of anilines is 1. The molecule has 1 aliphatic carbocycles. The van der Waals surface area contributed by atoms with Crippen LogP contribution in [0.5, 0.6) is 0 Å². The zero-order valence-electron chi connectivity index (χ0n) is 23.4. The van der Waals surface area contributed by atoms with Gasteiger partial charge in [-0.1, -0.05) is 51.0 Å². The van der Waals surface area contributed by atoms with Gasteiger partial charge in [-0.15, -0.1) is 0 Å². The second-order valence-corrected chi connectivity index (χ2v) is 12.4. The lowest BCUT2D eigenvalue weighted by atomic mass is 9.74. The van der Waals surface area contributed by atoms with Crippen LogP contribution in [0.1, 0.15) is 57.9 Å². The number of nitrogens with zero attached hydrogens (tertiary/aromatic N) is 2. The number of nitrogens with one attached hydrogen (secondary N) is 2. The number of likely N-dealkylation sites (tertiary alicyclic amines) is 2. The highest BCUT2D eigenvalue weighted by atomic mass is 16.5. The minimum absolute atomic E-state index is 0.0975. The second kappa shape index (κ2) is 10.4. The third-order valence-electron chi connectivity index (χ3n) is 9.96. The van der Waals surface area contributed by atoms with E-state index in [1.807, 2.05) is 43.3 Å². The topological polar surface area (TPSA) is 91.0 Å². The summed E-state index contributed by atoms with van der Waals surface area (Å²) in [5.41, 5.74) is 0.629. The molecule has 5 aliphatic rings. The normalized spacial score (nSPS) is 37.4. The van der Waals surface area contributed by atoms with Gasteiger partial charge in [0, 0.05) is 24.3 Å². The first-order valence-corrected chi connectivity index (χ1v) is 14.9. The third-order valence-corrected chi connectivity index (χ3v) is 9.96. The summed E-state index contributed by atoms with van der Waals surface area (Å²) in [7, 11) is 0. The van der Waals surface area contributed by atoms with Gasteiger partial charge < -0.3 is 20.3 Å². The predicted molar refractivity (Wildman–Crippen MR) is 149 cm³/mol. The Morgan fingerprint density at radius 3 is 2.72 bits per heavy atom. The Bertz CT molecular complexity index is 1170. The summed E-state index contributed by atoms with van der Waals surface area (Å²) in [6.07, 6.45) is 9.72. The van der Waals surface area contributed by atoms with Crippen molar-refractivity contribution < 1.29 is 19.1 Å². The van der Waals surface area contributed by atoms with Crippen LogP contribution in [0.2, 0.25) is 0 Å². The van der Waals surface area contributed by atoms with Crippen molar-refractivity contribution in [3.05, 3.63) is 42.0 Å². The molecule has 0 aromatic heterocycles. The third kappa shape index (κ3) is 4.49. The van der Waals surface area contributed by atoms with Crippen molar-refractivity contribution in [1.82, 2.24) is 15.1 Å². The molecule has 39 heavy (non-hydrogen) atoms. The first-order chi connectivity index (χ1) is 18.8. The number of benzene rings is 1. The van der Waals surface area contributed by atoms with Crippen LogP contribution in [0.15, 0.2) is 36.4 Å². The van der Waals surface area contributed by atoms with Crippen LogP contribution in [-0.4, -0.2) is 77.0 Å². The fourth-order valence-electron chi connectivity index (χ4n) is 7.95. The highest BCUT2D eigenvalue weighted by molar-refractivity contribution is 6.02. The Hall–Kier alpha value is -2.71. The lowest BCUT2D eigenvalue weighted by Crippen LogP contribution is -2.58. The molecular formula is C31H42N4O4. The van der Waals surface area contributed by atoms with Crippen LogP contribution in [0.25, 0.3) is 0 Å². The molecule has 1 spiro atoms. The molecule has 6 rings (SSSR count). The summed E-state index contributed by atoms with van der Waals surface area (Å²) < 4.78 is 6.54. The molecule has 8 atom stereocenters. The van der Waals surface area contributed by atoms with Gasteiger partial charge in [0.1, 0.15) is 11.6 Å². The zero-order valence-corrected chi connectivity index (χ0v) is 23.4. The van der Waals surface area contributed by atoms with Gasteiger partial charge in [-0.05, 0) is 69.3 Å². The van der Waals surface area contributed by atoms with Gasteiger partial charge in [0.2, 0.25) is 17.7 Å². The van der Waals surface area contributed by atoms with E-state index < -0.39 is 29.6 Å². The van der Waals surface area contributed by atoms with E-state index in [2.05, 4.69) is 29.4 Å². The van der Waals surface area contributed by atoms with Crippen LogP contribution in [0.4, 0.5) is 5.69 Å². The number of likely N-dealkylation sites (N-methyl/N-ethyl adjacent to an activating group) is 1. The molecule has 3 saturated heterocycles. The molecule has 6 unspecified atom stereocenters. The number of hydrogen-bond donors (Lipinski definition) is 2. The Morgan fingerprint density at radius 1 is 1.13 bits per heavy atom. The Labute approximate surface area is 231 Å². The summed E-state index contributed by atoms with van der Waals surface area (Å²) in [5, 5.41) is 6.36. The van der Waals surface area contributed by atoms with E-state index in [0.29, 0.717) is 18.2 Å². The number of ether oxygens (including phenoxy) is 1. The van der Waals surface area contributed by atoms with Crippen molar-refractivity contribution in [3.63, 3.8) is 0 Å². The summed E-state index contributed by atoms with van der Waals surface area (Å²) in [5.74, 6) is -1.50. The van der Waals surface area contributed by atoms with E-state index in [4.69, 9.17) is 4.74 Å². The summed E-state index contributed by atoms with van der Waals surface area (Å²) in [4.78, 5) is 46.3. The van der Waals surface area contributed by atoms with Gasteiger partial charge in [0.05, 0.1) is 17.9 Å². The fraction of sp³-hybridized carbons (Fsp3) is 0.645. The van der Waals surface area contributed by atoms with Crippen LogP contribution in [-0.2, 0) is 19.1 Å². The molecule has 8 heteroatoms. The maximum atomic E-state index is 14.3. The largest absolute Gasteiger partial charge is 0.359 e. The van der Waals surface area contributed by atoms with Crippen molar-refractivity contribution in [3.8, 4) is 0 Å². The SMILES string of the molecule is CCN1CCCC1CN1C(=O)[C@H]2C(C(=O)Nc3cccc(C)c3)[C@H]3C=CC2(O3)C1C(=O)NC1CCCCC1C. The Balaban J connectivity index is 1.31. The second-order valence-electron chi connectivity index (χ2n) is 12.4. The van der Waals surface area contributed by atoms with Crippen LogP contribution in [0.3, 0.4) is 0 Å². The molecular weight excluding hydrogens is 492 g/mol. The zero-order chi connectivity index (χ0) is 27.3. The van der Waals surface area contributed by atoms with Crippen LogP contribution in [0, 0.1) is 24.7 Å². The van der Waals surface area contributed by atoms with E-state index in [9.17, 15) is 14.4 Å². The fourth-order valence-corrected chi connectivity index (χ4v) is 7.95. The van der Waals surface area contributed by atoms with E-state index in [-0.39, 0.29) is 29.8 Å². The smallest absolute Gasteiger partial charge is 0.246 e. The number of rotatable bonds is 7. The predicted octanol–water partition coefficient (Wildman–Crippen LogP) is 3.26. The van der Waals surface area contributed by atoms with Gasteiger partial charge in [-0.2, -0.15) is 0 Å². The lowest BCUT2D eigenvalue weighted by molar-refractivity contribution is -0.142. The monoisotopic (exact) mass is 534 g/mol. The number of carbonyl (C=O) groups excluding carboxylic acids is 3. The van der Waals surface area contributed by atoms with E-state index in [1.54, 1.807) is 4.90 Å². The maximum absolute atomic E-state index is 14.3. The van der Waals surface area contributed by atoms with E-state index in [0.717, 1.165) is 50.8 Å². The van der Waals surface area contributed by atoms with Gasteiger partial charge in [-0.25, -0.2) is 0 Å². The van der Waals surface area contributed by atoms with Crippen LogP contribution < -0.4 is 10.6 Å². The molecule has 1 aromatic rings. The number of amides is 3. The summed E-state index contributed by atoms with van der Waals surface area (Å²) in [6, 6.07) is 7.18.